The van der Waals surface area contributed by atoms with E-state index in [0.29, 0.717) is 5.82 Å². The van der Waals surface area contributed by atoms with Crippen LogP contribution in [0.5, 0.6) is 0 Å². The minimum atomic E-state index is 0.703. The molecular formula is C42H26N4. The molecule has 0 aliphatic heterocycles. The van der Waals surface area contributed by atoms with Crippen LogP contribution in [0.1, 0.15) is 0 Å². The van der Waals surface area contributed by atoms with Crippen molar-refractivity contribution in [1.82, 2.24) is 18.9 Å². The Labute approximate surface area is 264 Å². The number of para-hydroxylation sites is 2. The van der Waals surface area contributed by atoms with E-state index in [9.17, 15) is 0 Å². The molecule has 0 atom stereocenters. The Balaban J connectivity index is 1.37. The van der Waals surface area contributed by atoms with Crippen LogP contribution < -0.4 is 0 Å². The number of rotatable bonds is 3. The zero-order valence-electron chi connectivity index (χ0n) is 24.8. The minimum Gasteiger partial charge on any atom is -0.309 e. The lowest BCUT2D eigenvalue weighted by atomic mass is 10.0. The second-order valence-corrected chi connectivity index (χ2v) is 11.9. The van der Waals surface area contributed by atoms with Crippen LogP contribution in [0, 0.1) is 0 Å². The lowest BCUT2D eigenvalue weighted by molar-refractivity contribution is 1.05. The molecule has 46 heavy (non-hydrogen) atoms. The molecule has 0 aliphatic rings. The first-order valence-electron chi connectivity index (χ1n) is 15.6. The van der Waals surface area contributed by atoms with Gasteiger partial charge in [-0.2, -0.15) is 0 Å². The van der Waals surface area contributed by atoms with Crippen molar-refractivity contribution in [3.63, 3.8) is 0 Å². The first kappa shape index (κ1) is 25.1. The molecule has 10 aromatic rings. The number of fused-ring (bicyclic) bond motifs is 11. The molecule has 0 amide bonds. The van der Waals surface area contributed by atoms with Gasteiger partial charge in [-0.1, -0.05) is 121 Å². The lowest BCUT2D eigenvalue weighted by Gasteiger charge is -2.13. The van der Waals surface area contributed by atoms with Crippen molar-refractivity contribution >= 4 is 59.9 Å². The van der Waals surface area contributed by atoms with Crippen LogP contribution in [0.4, 0.5) is 0 Å². The Morgan fingerprint density at radius 3 is 1.72 bits per heavy atom. The summed E-state index contributed by atoms with van der Waals surface area (Å²) in [4.78, 5) is 10.3. The maximum absolute atomic E-state index is 5.24. The number of pyridine rings is 1. The van der Waals surface area contributed by atoms with Crippen LogP contribution in [0.15, 0.2) is 158 Å². The standard InChI is InChI=1S/C42H26N4/c1-3-13-27(14-4-1)35-26-41(44-42(43-35)28-15-5-2-6-16-28)46-37-22-12-10-20-32(37)34-25-39-33(24-40(34)46)30-18-8-9-19-31(30)38-23-29-17-7-11-21-36(29)45(38)39/h1-26H. The average molecular weight is 587 g/mol. The first-order valence-corrected chi connectivity index (χ1v) is 15.6. The predicted octanol–water partition coefficient (Wildman–Crippen LogP) is 10.6. The molecule has 0 radical (unpaired) electrons. The van der Waals surface area contributed by atoms with E-state index < -0.39 is 0 Å². The largest absolute Gasteiger partial charge is 0.309 e. The van der Waals surface area contributed by atoms with E-state index in [4.69, 9.17) is 9.97 Å². The average Bonchev–Trinajstić information content (AvgIpc) is 3.68. The van der Waals surface area contributed by atoms with Gasteiger partial charge in [0.25, 0.3) is 0 Å². The maximum atomic E-state index is 5.24. The molecule has 0 fully saturated rings. The summed E-state index contributed by atoms with van der Waals surface area (Å²) >= 11 is 0. The SMILES string of the molecule is c1ccc(-c2cc(-n3c4ccccc4c4cc5c(cc43)c3ccccc3c3cc4ccccc4n35)nc(-c3ccccc3)n2)cc1. The Kier molecular flexibility index (Phi) is 5.25. The van der Waals surface area contributed by atoms with Gasteiger partial charge in [0, 0.05) is 44.1 Å². The van der Waals surface area contributed by atoms with Crippen LogP contribution in [-0.2, 0) is 0 Å². The highest BCUT2D eigenvalue weighted by atomic mass is 15.1. The van der Waals surface area contributed by atoms with Crippen LogP contribution in [0.25, 0.3) is 88.4 Å². The van der Waals surface area contributed by atoms with Crippen LogP contribution in [-0.4, -0.2) is 18.9 Å². The second kappa shape index (κ2) is 9.62. The van der Waals surface area contributed by atoms with E-state index in [1.54, 1.807) is 0 Å². The summed E-state index contributed by atoms with van der Waals surface area (Å²) in [5.74, 6) is 1.55. The van der Waals surface area contributed by atoms with Gasteiger partial charge >= 0.3 is 0 Å². The smallest absolute Gasteiger partial charge is 0.162 e. The van der Waals surface area contributed by atoms with E-state index in [1.165, 1.54) is 48.9 Å². The van der Waals surface area contributed by atoms with Crippen molar-refractivity contribution in [2.75, 3.05) is 0 Å². The normalized spacial score (nSPS) is 11.9. The summed E-state index contributed by atoms with van der Waals surface area (Å²) in [6.07, 6.45) is 0. The summed E-state index contributed by atoms with van der Waals surface area (Å²) in [7, 11) is 0. The molecule has 0 spiro atoms. The summed E-state index contributed by atoms with van der Waals surface area (Å²) < 4.78 is 4.75. The topological polar surface area (TPSA) is 35.1 Å². The number of nitrogens with zero attached hydrogens (tertiary/aromatic N) is 4. The molecule has 4 heterocycles. The highest BCUT2D eigenvalue weighted by Crippen LogP contribution is 2.40. The number of hydrogen-bond donors (Lipinski definition) is 0. The predicted molar refractivity (Wildman–Crippen MR) is 191 cm³/mol. The second-order valence-electron chi connectivity index (χ2n) is 11.9. The number of hydrogen-bond acceptors (Lipinski definition) is 2. The minimum absolute atomic E-state index is 0.703. The van der Waals surface area contributed by atoms with Crippen molar-refractivity contribution in [2.24, 2.45) is 0 Å². The van der Waals surface area contributed by atoms with E-state index in [2.05, 4.69) is 142 Å². The van der Waals surface area contributed by atoms with Gasteiger partial charge in [0.2, 0.25) is 0 Å². The molecule has 0 aliphatic carbocycles. The fourth-order valence-electron chi connectivity index (χ4n) is 7.23. The van der Waals surface area contributed by atoms with Gasteiger partial charge in [-0.15, -0.1) is 0 Å². The molecule has 4 aromatic heterocycles. The van der Waals surface area contributed by atoms with Crippen molar-refractivity contribution < 1.29 is 0 Å². The van der Waals surface area contributed by atoms with Crippen LogP contribution >= 0.6 is 0 Å². The zero-order chi connectivity index (χ0) is 30.2. The van der Waals surface area contributed by atoms with E-state index in [0.717, 1.165) is 33.7 Å². The molecular weight excluding hydrogens is 560 g/mol. The Bertz CT molecular complexity index is 2730. The van der Waals surface area contributed by atoms with E-state index in [1.807, 2.05) is 24.3 Å². The van der Waals surface area contributed by atoms with Crippen molar-refractivity contribution in [3.05, 3.63) is 158 Å². The summed E-state index contributed by atoms with van der Waals surface area (Å²) in [6, 6.07) is 55.9. The third-order valence-corrected chi connectivity index (χ3v) is 9.28. The summed E-state index contributed by atoms with van der Waals surface area (Å²) in [6.45, 7) is 0. The Morgan fingerprint density at radius 2 is 0.935 bits per heavy atom. The van der Waals surface area contributed by atoms with Gasteiger partial charge in [-0.3, -0.25) is 4.57 Å². The van der Waals surface area contributed by atoms with E-state index >= 15 is 0 Å². The fourth-order valence-corrected chi connectivity index (χ4v) is 7.23. The van der Waals surface area contributed by atoms with Gasteiger partial charge in [0.05, 0.1) is 33.3 Å². The summed E-state index contributed by atoms with van der Waals surface area (Å²) in [5, 5.41) is 7.32. The van der Waals surface area contributed by atoms with Crippen molar-refractivity contribution in [2.45, 2.75) is 0 Å². The fraction of sp³-hybridized carbons (Fsp3) is 0. The molecule has 6 aromatic carbocycles. The third-order valence-electron chi connectivity index (χ3n) is 9.28. The molecule has 10 rings (SSSR count). The maximum Gasteiger partial charge on any atom is 0.162 e. The van der Waals surface area contributed by atoms with Gasteiger partial charge in [-0.05, 0) is 35.7 Å². The summed E-state index contributed by atoms with van der Waals surface area (Å²) in [5.41, 5.74) is 8.80. The molecule has 4 heteroatoms. The van der Waals surface area contributed by atoms with Crippen molar-refractivity contribution in [1.29, 1.82) is 0 Å². The molecule has 0 bridgehead atoms. The number of benzene rings is 6. The van der Waals surface area contributed by atoms with Gasteiger partial charge in [-0.25, -0.2) is 9.97 Å². The monoisotopic (exact) mass is 586 g/mol. The van der Waals surface area contributed by atoms with Gasteiger partial charge in [0.15, 0.2) is 5.82 Å². The van der Waals surface area contributed by atoms with Gasteiger partial charge in [0.1, 0.15) is 5.82 Å². The Hall–Kier alpha value is -6.26. The highest BCUT2D eigenvalue weighted by Gasteiger charge is 2.19. The number of aromatic nitrogens is 4. The molecule has 0 saturated heterocycles. The van der Waals surface area contributed by atoms with Crippen molar-refractivity contribution in [3.8, 4) is 28.5 Å². The first-order chi connectivity index (χ1) is 22.8. The molecule has 4 nitrogen and oxygen atoms in total. The molecule has 0 saturated carbocycles. The zero-order valence-corrected chi connectivity index (χ0v) is 24.8. The molecule has 0 N–H and O–H groups in total. The van der Waals surface area contributed by atoms with Crippen LogP contribution in [0.3, 0.4) is 0 Å². The van der Waals surface area contributed by atoms with Gasteiger partial charge < -0.3 is 4.40 Å². The van der Waals surface area contributed by atoms with E-state index in [-0.39, 0.29) is 0 Å². The molecule has 214 valence electrons. The third kappa shape index (κ3) is 3.61. The molecule has 0 unspecified atom stereocenters. The Morgan fingerprint density at radius 1 is 0.370 bits per heavy atom. The highest BCUT2D eigenvalue weighted by molar-refractivity contribution is 6.21. The van der Waals surface area contributed by atoms with Crippen LogP contribution in [0.2, 0.25) is 0 Å². The quantitative estimate of drug-likeness (QED) is 0.193. The lowest BCUT2D eigenvalue weighted by Crippen LogP contribution is -2.02.